The summed E-state index contributed by atoms with van der Waals surface area (Å²) in [5.74, 6) is -3.22. The monoisotopic (exact) mass is 957 g/mol. The van der Waals surface area contributed by atoms with E-state index in [-0.39, 0.29) is 51.2 Å². The van der Waals surface area contributed by atoms with Gasteiger partial charge in [-0.15, -0.1) is 0 Å². The summed E-state index contributed by atoms with van der Waals surface area (Å²) < 4.78 is 18.0. The highest BCUT2D eigenvalue weighted by molar-refractivity contribution is 6.06. The molecule has 4 bridgehead atoms. The molecule has 15 heteroatoms. The molecule has 3 amide bonds. The van der Waals surface area contributed by atoms with Gasteiger partial charge in [-0.3, -0.25) is 19.2 Å². The Labute approximate surface area is 410 Å². The molecule has 2 aliphatic heterocycles. The Morgan fingerprint density at radius 2 is 1.53 bits per heavy atom. The molecule has 0 aliphatic carbocycles. The van der Waals surface area contributed by atoms with E-state index in [1.807, 2.05) is 31.2 Å². The number of carbonyl (C=O) groups is 6. The predicted octanol–water partition coefficient (Wildman–Crippen LogP) is 8.34. The number of alkyl carbamates (subject to hydrolysis) is 1. The van der Waals surface area contributed by atoms with Crippen molar-refractivity contribution in [3.05, 3.63) is 107 Å². The molecule has 0 saturated heterocycles. The number of fused-ring (bicyclic) bond motifs is 5. The summed E-state index contributed by atoms with van der Waals surface area (Å²) in [6.45, 7) is 11.4. The molecule has 372 valence electrons. The third-order valence-electron chi connectivity index (χ3n) is 12.3. The first-order chi connectivity index (χ1) is 33.5. The Bertz CT molecular complexity index is 2550. The molecule has 0 fully saturated rings. The molecular formula is C55H67N5O10. The minimum Gasteiger partial charge on any atom is -0.493 e. The number of ketones is 2. The van der Waals surface area contributed by atoms with Crippen LogP contribution < -0.4 is 25.8 Å². The number of ether oxygens (including phenoxy) is 3. The fourth-order valence-electron chi connectivity index (χ4n) is 8.50. The van der Waals surface area contributed by atoms with Crippen molar-refractivity contribution in [1.82, 2.24) is 15.5 Å². The second-order valence-electron chi connectivity index (χ2n) is 19.1. The van der Waals surface area contributed by atoms with Crippen molar-refractivity contribution in [2.45, 2.75) is 111 Å². The van der Waals surface area contributed by atoms with Gasteiger partial charge >= 0.3 is 12.1 Å². The summed E-state index contributed by atoms with van der Waals surface area (Å²) in [5, 5.41) is 9.70. The third-order valence-corrected chi connectivity index (χ3v) is 12.3. The normalized spacial score (nSPS) is 17.6. The van der Waals surface area contributed by atoms with E-state index in [9.17, 15) is 28.8 Å². The van der Waals surface area contributed by atoms with Crippen LogP contribution in [0.15, 0.2) is 90.1 Å². The quantitative estimate of drug-likeness (QED) is 0.0491. The van der Waals surface area contributed by atoms with Crippen LogP contribution in [0.4, 0.5) is 4.79 Å². The van der Waals surface area contributed by atoms with Crippen molar-refractivity contribution in [3.8, 4) is 33.8 Å². The van der Waals surface area contributed by atoms with Gasteiger partial charge in [-0.05, 0) is 98.5 Å². The summed E-state index contributed by atoms with van der Waals surface area (Å²) in [6, 6.07) is 24.4. The molecule has 0 unspecified atom stereocenters. The first kappa shape index (κ1) is 52.5. The highest BCUT2D eigenvalue weighted by Gasteiger charge is 2.36. The Morgan fingerprint density at radius 3 is 2.16 bits per heavy atom. The molecular weight excluding hydrogens is 891 g/mol. The van der Waals surface area contributed by atoms with Gasteiger partial charge in [0.2, 0.25) is 11.8 Å². The molecule has 4 N–H and O–H groups in total. The maximum atomic E-state index is 14.8. The number of aryl methyl sites for hydroxylation is 1. The van der Waals surface area contributed by atoms with Crippen molar-refractivity contribution in [1.29, 1.82) is 0 Å². The van der Waals surface area contributed by atoms with Crippen molar-refractivity contribution >= 4 is 41.2 Å². The third kappa shape index (κ3) is 13.9. The van der Waals surface area contributed by atoms with Crippen LogP contribution in [0, 0.1) is 11.8 Å². The average molecular weight is 958 g/mol. The molecule has 0 spiro atoms. The first-order valence-electron chi connectivity index (χ1n) is 24.3. The van der Waals surface area contributed by atoms with Crippen LogP contribution in [0.5, 0.6) is 11.5 Å². The Hall–Kier alpha value is -6.87. The van der Waals surface area contributed by atoms with E-state index >= 15 is 0 Å². The van der Waals surface area contributed by atoms with Gasteiger partial charge in [0.1, 0.15) is 29.7 Å². The maximum Gasteiger partial charge on any atom is 0.407 e. The number of hydrogen-bond donors (Lipinski definition) is 3. The number of rotatable bonds is 18. The zero-order chi connectivity index (χ0) is 50.5. The van der Waals surface area contributed by atoms with E-state index in [0.29, 0.717) is 52.5 Å². The second-order valence-corrected chi connectivity index (χ2v) is 19.1. The predicted molar refractivity (Wildman–Crippen MR) is 267 cm³/mol. The number of carbonyl (C=O) groups excluding carboxylic acids is 6. The van der Waals surface area contributed by atoms with Crippen molar-refractivity contribution in [3.63, 3.8) is 0 Å². The summed E-state index contributed by atoms with van der Waals surface area (Å²) >= 11 is 0. The lowest BCUT2D eigenvalue weighted by Crippen LogP contribution is -2.46. The number of nitrogens with one attached hydrogen (secondary N) is 2. The Kier molecular flexibility index (Phi) is 18.1. The minimum absolute atomic E-state index is 0.0535. The molecule has 6 rings (SSSR count). The number of nitrogens with two attached hydrogens (primary N) is 1. The van der Waals surface area contributed by atoms with Crippen LogP contribution in [-0.4, -0.2) is 91.0 Å². The molecule has 0 saturated carbocycles. The van der Waals surface area contributed by atoms with Gasteiger partial charge < -0.3 is 40.3 Å². The molecule has 70 heavy (non-hydrogen) atoms. The van der Waals surface area contributed by atoms with Crippen LogP contribution in [0.1, 0.15) is 113 Å². The highest BCUT2D eigenvalue weighted by atomic mass is 16.7. The molecule has 4 aromatic carbocycles. The number of nitrogens with zero attached hydrogens (tertiary/aromatic N) is 2. The fraction of sp³-hybridized carbons (Fsp3) is 0.436. The summed E-state index contributed by atoms with van der Waals surface area (Å²) in [5.41, 5.74) is 11.9. The average Bonchev–Trinajstić information content (AvgIpc) is 3.78. The number of likely N-dealkylation sites (N-methyl/N-ethyl adjacent to an activating group) is 1. The van der Waals surface area contributed by atoms with Crippen molar-refractivity contribution in [2.75, 3.05) is 33.4 Å². The van der Waals surface area contributed by atoms with E-state index in [4.69, 9.17) is 24.8 Å². The number of Topliss-reactive ketones (excluding diaryl/α,β-unsaturated/α-hetero) is 2. The van der Waals surface area contributed by atoms with Crippen LogP contribution in [0.3, 0.4) is 0 Å². The fourth-order valence-corrected chi connectivity index (χ4v) is 8.50. The number of amides is 3. The first-order valence-corrected chi connectivity index (χ1v) is 24.3. The van der Waals surface area contributed by atoms with E-state index in [1.165, 1.54) is 17.5 Å². The summed E-state index contributed by atoms with van der Waals surface area (Å²) in [4.78, 5) is 88.2. The highest BCUT2D eigenvalue weighted by Crippen LogP contribution is 2.41. The van der Waals surface area contributed by atoms with Gasteiger partial charge in [0.15, 0.2) is 11.6 Å². The standard InChI is InChI=1S/C55H67N5O10/c1-8-10-11-35-12-15-37(16-13-35)38-17-19-39(20-18-38)46(61)31-41(33-56)53(65)60(7)51-40-21-23-49(67-25-9-2)43(30-40)42-28-36(14-22-48(42)68-26-24-57-54(66)69-55(4,5)6)29-44(45-32-50(63)70-59-45)58-52(64)34(3)27-47(51)62/h12-23,28,30,34,41,44,51H,8-11,24-27,29,31-33,56H2,1-7H3,(H,57,66)(H,58,64)/t34-,41+,44+,51+/m1/s1. The summed E-state index contributed by atoms with van der Waals surface area (Å²) in [6.07, 6.45) is 2.97. The van der Waals surface area contributed by atoms with Crippen LogP contribution in [-0.2, 0) is 41.6 Å². The van der Waals surface area contributed by atoms with Gasteiger partial charge in [0, 0.05) is 49.0 Å². The summed E-state index contributed by atoms with van der Waals surface area (Å²) in [7, 11) is 1.51. The van der Waals surface area contributed by atoms with Crippen molar-refractivity contribution < 1.29 is 47.8 Å². The molecule has 15 nitrogen and oxygen atoms in total. The molecule has 0 aromatic heterocycles. The van der Waals surface area contributed by atoms with Crippen molar-refractivity contribution in [2.24, 2.45) is 22.7 Å². The topological polar surface area (TPSA) is 205 Å². The van der Waals surface area contributed by atoms with Crippen LogP contribution in [0.2, 0.25) is 0 Å². The van der Waals surface area contributed by atoms with E-state index < -0.39 is 59.2 Å². The SMILES string of the molecule is CCCCc1ccc(-c2ccc(C(=O)C[C@@H](CN)C(=O)N(C)[C@@H]3C(=O)C[C@@H](C)C(=O)N[C@H](C4=NOC(=O)C4)Cc4ccc(OCCNC(=O)OC(C)(C)C)c(c4)-c4cc3ccc4OCCC)cc2)cc1. The van der Waals surface area contributed by atoms with Gasteiger partial charge in [-0.1, -0.05) is 93.0 Å². The van der Waals surface area contributed by atoms with Gasteiger partial charge in [-0.2, -0.15) is 0 Å². The Balaban J connectivity index is 1.34. The largest absolute Gasteiger partial charge is 0.493 e. The number of unbranched alkanes of at least 4 members (excludes halogenated alkanes) is 1. The molecule has 2 aliphatic rings. The zero-order valence-corrected chi connectivity index (χ0v) is 41.4. The lowest BCUT2D eigenvalue weighted by Gasteiger charge is -2.32. The maximum absolute atomic E-state index is 14.8. The van der Waals surface area contributed by atoms with Crippen LogP contribution in [0.25, 0.3) is 22.3 Å². The lowest BCUT2D eigenvalue weighted by molar-refractivity contribution is -0.142. The minimum atomic E-state index is -1.23. The lowest BCUT2D eigenvalue weighted by atomic mass is 9.88. The second kappa shape index (κ2) is 24.1. The van der Waals surface area contributed by atoms with Gasteiger partial charge in [0.25, 0.3) is 0 Å². The molecule has 2 heterocycles. The smallest absolute Gasteiger partial charge is 0.407 e. The molecule has 0 radical (unpaired) electrons. The van der Waals surface area contributed by atoms with Gasteiger partial charge in [-0.25, -0.2) is 9.59 Å². The molecule has 4 aromatic rings. The Morgan fingerprint density at radius 1 is 0.871 bits per heavy atom. The number of benzene rings is 4. The van der Waals surface area contributed by atoms with E-state index in [2.05, 4.69) is 47.0 Å². The van der Waals surface area contributed by atoms with Crippen LogP contribution >= 0.6 is 0 Å². The van der Waals surface area contributed by atoms with E-state index in [0.717, 1.165) is 36.0 Å². The number of oxime groups is 1. The zero-order valence-electron chi connectivity index (χ0n) is 41.4. The van der Waals surface area contributed by atoms with Gasteiger partial charge in [0.05, 0.1) is 37.2 Å². The number of hydrogen-bond acceptors (Lipinski definition) is 12. The van der Waals surface area contributed by atoms with E-state index in [1.54, 1.807) is 64.1 Å². The molecule has 4 atom stereocenters.